The molecular weight excluding hydrogens is 749 g/mol. The average Bonchev–Trinajstić information content (AvgIpc) is 4.06. The first-order valence-corrected chi connectivity index (χ1v) is 20.7. The summed E-state index contributed by atoms with van der Waals surface area (Å²) in [5.74, 6) is -2.20. The molecule has 6 rings (SSSR count). The van der Waals surface area contributed by atoms with Crippen molar-refractivity contribution >= 4 is 50.5 Å². The Kier molecular flexibility index (Phi) is 11.7. The molecule has 1 aromatic heterocycles. The minimum Gasteiger partial charge on any atom is -0.496 e. The molecule has 3 heterocycles. The molecule has 2 aromatic rings. The van der Waals surface area contributed by atoms with Gasteiger partial charge in [-0.1, -0.05) is 13.3 Å². The minimum absolute atomic E-state index is 0.00481. The molecule has 2 aliphatic carbocycles. The van der Waals surface area contributed by atoms with Gasteiger partial charge in [0.15, 0.2) is 0 Å². The standard InChI is InChI=1S/C38H52N6O11S/c1-7-24-18-38(24,35(48)43-56(50,51)26-10-11-26)42-32(46)29-17-25-19-44(29)34(47)21(2)40-31(45)28(41-36(49)55-37(3,4)5)20-53-14-8-9-23-15-27-22(16-30(23)52-6)12-13-39-33(27)54-25/h12-13,15-16,21,24-26,28-29H,7-11,14,17-20H2,1-6H3,(H,40,45)(H,41,49)(H,42,46)(H,43,48)/t21-,24+,25+,28-,29-,38+/m0/s1. The lowest BCUT2D eigenvalue weighted by Crippen LogP contribution is -2.59. The number of hydrogen-bond acceptors (Lipinski definition) is 12. The van der Waals surface area contributed by atoms with Gasteiger partial charge in [-0.05, 0) is 94.9 Å². The number of aryl methyl sites for hydroxylation is 1. The Labute approximate surface area is 326 Å². The van der Waals surface area contributed by atoms with E-state index in [0.717, 1.165) is 10.9 Å². The highest BCUT2D eigenvalue weighted by Gasteiger charge is 2.62. The second-order valence-electron chi connectivity index (χ2n) is 16.0. The summed E-state index contributed by atoms with van der Waals surface area (Å²) in [7, 11) is -2.32. The monoisotopic (exact) mass is 800 g/mol. The number of rotatable bonds is 8. The van der Waals surface area contributed by atoms with E-state index in [9.17, 15) is 32.4 Å². The van der Waals surface area contributed by atoms with Gasteiger partial charge < -0.3 is 39.8 Å². The van der Waals surface area contributed by atoms with Crippen molar-refractivity contribution in [3.8, 4) is 11.6 Å². The van der Waals surface area contributed by atoms with Gasteiger partial charge in [0.25, 0.3) is 5.91 Å². The summed E-state index contributed by atoms with van der Waals surface area (Å²) in [6.45, 7) is 8.28. The van der Waals surface area contributed by atoms with E-state index < -0.39 is 80.4 Å². The van der Waals surface area contributed by atoms with Crippen molar-refractivity contribution in [2.24, 2.45) is 5.92 Å². The molecule has 4 N–H and O–H groups in total. The Morgan fingerprint density at radius 1 is 1.16 bits per heavy atom. The molecule has 18 heteroatoms. The maximum atomic E-state index is 14.3. The third-order valence-corrected chi connectivity index (χ3v) is 12.4. The molecule has 17 nitrogen and oxygen atoms in total. The lowest BCUT2D eigenvalue weighted by atomic mass is 10.0. The van der Waals surface area contributed by atoms with E-state index in [-0.39, 0.29) is 44.4 Å². The Morgan fingerprint density at radius 3 is 2.57 bits per heavy atom. The molecule has 0 radical (unpaired) electrons. The van der Waals surface area contributed by atoms with Crippen molar-refractivity contribution in [2.45, 2.75) is 120 Å². The summed E-state index contributed by atoms with van der Waals surface area (Å²) in [4.78, 5) is 74.2. The van der Waals surface area contributed by atoms with Crippen LogP contribution in [-0.4, -0.2) is 116 Å². The summed E-state index contributed by atoms with van der Waals surface area (Å²) in [5, 5.41) is 8.86. The van der Waals surface area contributed by atoms with Crippen molar-refractivity contribution in [3.05, 3.63) is 30.0 Å². The highest BCUT2D eigenvalue weighted by atomic mass is 32.2. The Morgan fingerprint density at radius 2 is 1.91 bits per heavy atom. The molecule has 1 aromatic carbocycles. The number of pyridine rings is 1. The number of benzene rings is 1. The minimum atomic E-state index is -3.89. The Bertz CT molecular complexity index is 1980. The van der Waals surface area contributed by atoms with Gasteiger partial charge in [0.05, 0.1) is 25.5 Å². The topological polar surface area (TPSA) is 221 Å². The molecule has 5 amide bonds. The van der Waals surface area contributed by atoms with Gasteiger partial charge in [-0.25, -0.2) is 18.2 Å². The van der Waals surface area contributed by atoms with Gasteiger partial charge in [-0.2, -0.15) is 0 Å². The van der Waals surface area contributed by atoms with Crippen LogP contribution in [0.2, 0.25) is 0 Å². The number of carbonyl (C=O) groups excluding carboxylic acids is 5. The molecular formula is C38H52N6O11S. The maximum absolute atomic E-state index is 14.3. The highest BCUT2D eigenvalue weighted by Crippen LogP contribution is 2.47. The number of aromatic nitrogens is 1. The summed E-state index contributed by atoms with van der Waals surface area (Å²) in [5.41, 5.74) is -1.47. The molecule has 4 aliphatic rings. The summed E-state index contributed by atoms with van der Waals surface area (Å²) in [6.07, 6.45) is 2.72. The molecule has 4 bridgehead atoms. The average molecular weight is 801 g/mol. The zero-order chi connectivity index (χ0) is 40.6. The zero-order valence-corrected chi connectivity index (χ0v) is 33.5. The van der Waals surface area contributed by atoms with Crippen LogP contribution in [0.3, 0.4) is 0 Å². The lowest BCUT2D eigenvalue weighted by Gasteiger charge is -2.29. The van der Waals surface area contributed by atoms with Gasteiger partial charge >= 0.3 is 6.09 Å². The van der Waals surface area contributed by atoms with Crippen LogP contribution < -0.4 is 30.1 Å². The van der Waals surface area contributed by atoms with Crippen molar-refractivity contribution in [1.29, 1.82) is 0 Å². The highest BCUT2D eigenvalue weighted by molar-refractivity contribution is 7.91. The molecule has 0 unspecified atom stereocenters. The molecule has 306 valence electrons. The number of sulfonamides is 1. The van der Waals surface area contributed by atoms with Gasteiger partial charge in [-0.15, -0.1) is 0 Å². The number of fused-ring (bicyclic) bond motifs is 3. The van der Waals surface area contributed by atoms with Crippen LogP contribution in [0.1, 0.15) is 78.7 Å². The van der Waals surface area contributed by atoms with E-state index in [1.807, 2.05) is 25.1 Å². The number of nitrogens with zero attached hydrogens (tertiary/aromatic N) is 2. The predicted octanol–water partition coefficient (Wildman–Crippen LogP) is 1.85. The number of methoxy groups -OCH3 is 1. The molecule has 1 saturated heterocycles. The van der Waals surface area contributed by atoms with Crippen molar-refractivity contribution < 1.29 is 51.3 Å². The first-order chi connectivity index (χ1) is 26.4. The number of amides is 5. The van der Waals surface area contributed by atoms with E-state index >= 15 is 0 Å². The van der Waals surface area contributed by atoms with Crippen LogP contribution >= 0.6 is 0 Å². The normalized spacial score (nSPS) is 27.3. The van der Waals surface area contributed by atoms with Crippen LogP contribution in [0.4, 0.5) is 4.79 Å². The third kappa shape index (κ3) is 9.12. The Balaban J connectivity index is 1.31. The number of alkyl carbamates (subject to hydrolysis) is 1. The number of carbonyl (C=O) groups is 5. The second kappa shape index (κ2) is 16.0. The van der Waals surface area contributed by atoms with Crippen LogP contribution in [0, 0.1) is 5.92 Å². The smallest absolute Gasteiger partial charge is 0.408 e. The van der Waals surface area contributed by atoms with Crippen molar-refractivity contribution in [1.82, 2.24) is 30.6 Å². The summed E-state index contributed by atoms with van der Waals surface area (Å²) >= 11 is 0. The molecule has 2 saturated carbocycles. The fourth-order valence-electron chi connectivity index (χ4n) is 7.35. The molecule has 56 heavy (non-hydrogen) atoms. The van der Waals surface area contributed by atoms with Crippen molar-refractivity contribution in [2.75, 3.05) is 26.9 Å². The zero-order valence-electron chi connectivity index (χ0n) is 32.6. The van der Waals surface area contributed by atoms with Crippen LogP contribution in [0.25, 0.3) is 10.8 Å². The van der Waals surface area contributed by atoms with Gasteiger partial charge in [0.2, 0.25) is 33.6 Å². The van der Waals surface area contributed by atoms with E-state index in [1.165, 1.54) is 11.8 Å². The maximum Gasteiger partial charge on any atom is 0.408 e. The lowest BCUT2D eigenvalue weighted by molar-refractivity contribution is -0.142. The molecule has 2 aliphatic heterocycles. The first kappa shape index (κ1) is 40.9. The van der Waals surface area contributed by atoms with Gasteiger partial charge in [0, 0.05) is 24.6 Å². The van der Waals surface area contributed by atoms with E-state index in [2.05, 4.69) is 25.7 Å². The van der Waals surface area contributed by atoms with Gasteiger partial charge in [-0.3, -0.25) is 23.9 Å². The molecule has 0 spiro atoms. The quantitative estimate of drug-likeness (QED) is 0.301. The number of nitrogens with one attached hydrogen (secondary N) is 4. The second-order valence-corrected chi connectivity index (χ2v) is 18.0. The summed E-state index contributed by atoms with van der Waals surface area (Å²) in [6, 6.07) is 2.03. The fraction of sp³-hybridized carbons (Fsp3) is 0.632. The largest absolute Gasteiger partial charge is 0.496 e. The van der Waals surface area contributed by atoms with Crippen LogP contribution in [-0.2, 0) is 45.1 Å². The molecule has 3 fully saturated rings. The fourth-order valence-corrected chi connectivity index (χ4v) is 8.71. The van der Waals surface area contributed by atoms with Crippen LogP contribution in [0.15, 0.2) is 24.4 Å². The van der Waals surface area contributed by atoms with E-state index in [1.54, 1.807) is 34.1 Å². The van der Waals surface area contributed by atoms with Crippen LogP contribution in [0.5, 0.6) is 11.6 Å². The SMILES string of the molecule is CC[C@@H]1C[C@]1(NC(=O)[C@@H]1C[C@@H]2CN1C(=O)[C@H](C)NC(=O)[C@@H](NC(=O)OC(C)(C)C)COCCCc1cc3c(nccc3cc1OC)O2)C(=O)NS(=O)(=O)C1CC1. The summed E-state index contributed by atoms with van der Waals surface area (Å²) < 4.78 is 51.0. The number of ether oxygens (including phenoxy) is 4. The first-order valence-electron chi connectivity index (χ1n) is 19.1. The predicted molar refractivity (Wildman–Crippen MR) is 202 cm³/mol. The number of hydrogen-bond donors (Lipinski definition) is 4. The van der Waals surface area contributed by atoms with Crippen molar-refractivity contribution in [3.63, 3.8) is 0 Å². The van der Waals surface area contributed by atoms with E-state index in [4.69, 9.17) is 18.9 Å². The third-order valence-electron chi connectivity index (χ3n) is 10.6. The van der Waals surface area contributed by atoms with E-state index in [0.29, 0.717) is 43.2 Å². The Hall–Kier alpha value is -4.71. The van der Waals surface area contributed by atoms with Gasteiger partial charge in [0.1, 0.15) is 41.1 Å². The molecule has 6 atom stereocenters.